The molecule has 0 aliphatic carbocycles. The van der Waals surface area contributed by atoms with E-state index in [0.717, 1.165) is 38.8 Å². The van der Waals surface area contributed by atoms with Gasteiger partial charge in [0.15, 0.2) is 0 Å². The maximum Gasteiger partial charge on any atom is 0.325 e. The number of aliphatic carboxylic acids is 1. The van der Waals surface area contributed by atoms with Crippen molar-refractivity contribution < 1.29 is 19.5 Å². The summed E-state index contributed by atoms with van der Waals surface area (Å²) in [5, 5.41) is 16.5. The number of amides is 3. The minimum Gasteiger partial charge on any atom is -0.480 e. The van der Waals surface area contributed by atoms with Gasteiger partial charge in [-0.05, 0) is 39.8 Å². The lowest BCUT2D eigenvalue weighted by Gasteiger charge is -2.17. The van der Waals surface area contributed by atoms with E-state index in [1.54, 1.807) is 0 Å². The van der Waals surface area contributed by atoms with Crippen LogP contribution in [0.4, 0.5) is 4.79 Å². The predicted molar refractivity (Wildman–Crippen MR) is 92.9 cm³/mol. The fourth-order valence-corrected chi connectivity index (χ4v) is 1.98. The van der Waals surface area contributed by atoms with E-state index in [4.69, 9.17) is 5.11 Å². The lowest BCUT2D eigenvalue weighted by atomic mass is 10.2. The highest BCUT2D eigenvalue weighted by Gasteiger charge is 2.13. The summed E-state index contributed by atoms with van der Waals surface area (Å²) in [6, 6.07) is -1.38. The van der Waals surface area contributed by atoms with E-state index >= 15 is 0 Å². The number of carbonyl (C=O) groups excluding carboxylic acids is 2. The number of urea groups is 1. The molecule has 0 rings (SSSR count). The largest absolute Gasteiger partial charge is 0.480 e. The number of carbonyl (C=O) groups is 3. The van der Waals surface area contributed by atoms with Gasteiger partial charge < -0.3 is 26.0 Å². The predicted octanol–water partition coefficient (Wildman–Crippen LogP) is 0.777. The summed E-state index contributed by atoms with van der Waals surface area (Å²) in [5.41, 5.74) is 0. The van der Waals surface area contributed by atoms with Gasteiger partial charge in [0.1, 0.15) is 6.04 Å². The second-order valence-electron chi connectivity index (χ2n) is 5.92. The van der Waals surface area contributed by atoms with Crippen molar-refractivity contribution in [1.29, 1.82) is 0 Å². The Hall–Kier alpha value is -1.83. The zero-order chi connectivity index (χ0) is 18.4. The molecule has 0 fully saturated rings. The Morgan fingerprint density at radius 1 is 1.04 bits per heavy atom. The zero-order valence-corrected chi connectivity index (χ0v) is 15.1. The van der Waals surface area contributed by atoms with Crippen LogP contribution in [0.2, 0.25) is 0 Å². The van der Waals surface area contributed by atoms with Crippen molar-refractivity contribution in [3.8, 4) is 0 Å². The molecule has 0 aromatic carbocycles. The summed E-state index contributed by atoms with van der Waals surface area (Å²) in [6.07, 6.45) is 4.41. The Morgan fingerprint density at radius 3 is 2.38 bits per heavy atom. The molecule has 8 nitrogen and oxygen atoms in total. The molecule has 3 amide bonds. The summed E-state index contributed by atoms with van der Waals surface area (Å²) in [7, 11) is 1.97. The molecule has 0 unspecified atom stereocenters. The highest BCUT2D eigenvalue weighted by Crippen LogP contribution is 2.01. The zero-order valence-electron chi connectivity index (χ0n) is 15.1. The third-order valence-electron chi connectivity index (χ3n) is 3.51. The maximum absolute atomic E-state index is 11.4. The second kappa shape index (κ2) is 13.6. The van der Waals surface area contributed by atoms with Crippen LogP contribution >= 0.6 is 0 Å². The lowest BCUT2D eigenvalue weighted by molar-refractivity contribution is -0.138. The van der Waals surface area contributed by atoms with E-state index in [1.807, 2.05) is 14.0 Å². The topological polar surface area (TPSA) is 111 Å². The standard InChI is InChI=1S/C16H32N4O4/c1-4-9-17-14(21)8-6-5-7-11-20(3)12-10-18-16(24)19-13(2)15(22)23/h13H,4-12H2,1-3H3,(H,17,21)(H,22,23)(H2,18,19,24)/t13-/m0/s1. The molecule has 0 aromatic rings. The Kier molecular flexibility index (Phi) is 12.6. The maximum atomic E-state index is 11.4. The molecule has 8 heteroatoms. The van der Waals surface area contributed by atoms with Gasteiger partial charge in [-0.2, -0.15) is 0 Å². The first-order valence-corrected chi connectivity index (χ1v) is 8.59. The van der Waals surface area contributed by atoms with Crippen molar-refractivity contribution >= 4 is 17.9 Å². The number of nitrogens with zero attached hydrogens (tertiary/aromatic N) is 1. The molecule has 0 heterocycles. The van der Waals surface area contributed by atoms with Crippen LogP contribution in [-0.4, -0.2) is 67.2 Å². The van der Waals surface area contributed by atoms with Crippen LogP contribution in [0, 0.1) is 0 Å². The molecule has 0 bridgehead atoms. The van der Waals surface area contributed by atoms with E-state index in [0.29, 0.717) is 19.5 Å². The Bertz CT molecular complexity index is 390. The summed E-state index contributed by atoms with van der Waals surface area (Å²) in [4.78, 5) is 35.6. The van der Waals surface area contributed by atoms with Crippen LogP contribution in [-0.2, 0) is 9.59 Å². The highest BCUT2D eigenvalue weighted by atomic mass is 16.4. The number of hydrogen-bond acceptors (Lipinski definition) is 4. The molecule has 0 aliphatic heterocycles. The molecule has 140 valence electrons. The number of carboxylic acid groups (broad SMARTS) is 1. The van der Waals surface area contributed by atoms with Crippen LogP contribution in [0.3, 0.4) is 0 Å². The van der Waals surface area contributed by atoms with Gasteiger partial charge in [0, 0.05) is 26.1 Å². The van der Waals surface area contributed by atoms with Crippen LogP contribution in [0.1, 0.15) is 46.0 Å². The minimum atomic E-state index is -1.06. The van der Waals surface area contributed by atoms with Gasteiger partial charge in [0.05, 0.1) is 0 Å². The van der Waals surface area contributed by atoms with Gasteiger partial charge >= 0.3 is 12.0 Å². The van der Waals surface area contributed by atoms with Crippen LogP contribution in [0.5, 0.6) is 0 Å². The van der Waals surface area contributed by atoms with E-state index in [-0.39, 0.29) is 5.91 Å². The summed E-state index contributed by atoms with van der Waals surface area (Å²) >= 11 is 0. The third kappa shape index (κ3) is 12.7. The average molecular weight is 344 g/mol. The van der Waals surface area contributed by atoms with Gasteiger partial charge in [-0.15, -0.1) is 0 Å². The van der Waals surface area contributed by atoms with Crippen molar-refractivity contribution in [2.24, 2.45) is 0 Å². The van der Waals surface area contributed by atoms with Gasteiger partial charge in [-0.3, -0.25) is 9.59 Å². The second-order valence-corrected chi connectivity index (χ2v) is 5.92. The molecule has 0 aliphatic rings. The Morgan fingerprint density at radius 2 is 1.75 bits per heavy atom. The molecule has 4 N–H and O–H groups in total. The van der Waals surface area contributed by atoms with Crippen molar-refractivity contribution in [2.45, 2.75) is 52.0 Å². The number of carboxylic acids is 1. The summed E-state index contributed by atoms with van der Waals surface area (Å²) in [5.74, 6) is -0.943. The Balaban J connectivity index is 3.56. The molecule has 24 heavy (non-hydrogen) atoms. The molecular formula is C16H32N4O4. The summed E-state index contributed by atoms with van der Waals surface area (Å²) in [6.45, 7) is 6.22. The van der Waals surface area contributed by atoms with Gasteiger partial charge in [-0.25, -0.2) is 4.79 Å². The normalized spacial score (nSPS) is 11.8. The fourth-order valence-electron chi connectivity index (χ4n) is 1.98. The SMILES string of the molecule is CCCNC(=O)CCCCCN(C)CCNC(=O)N[C@@H](C)C(=O)O. The number of likely N-dealkylation sites (N-methyl/N-ethyl adjacent to an activating group) is 1. The number of unbranched alkanes of at least 4 members (excludes halogenated alkanes) is 2. The van der Waals surface area contributed by atoms with E-state index < -0.39 is 18.0 Å². The number of nitrogens with one attached hydrogen (secondary N) is 3. The van der Waals surface area contributed by atoms with Crippen molar-refractivity contribution in [3.63, 3.8) is 0 Å². The average Bonchev–Trinajstić information content (AvgIpc) is 2.52. The highest BCUT2D eigenvalue weighted by molar-refractivity contribution is 5.82. The lowest BCUT2D eigenvalue weighted by Crippen LogP contribution is -2.46. The number of rotatable bonds is 13. The van der Waals surface area contributed by atoms with Crippen molar-refractivity contribution in [1.82, 2.24) is 20.9 Å². The third-order valence-corrected chi connectivity index (χ3v) is 3.51. The van der Waals surface area contributed by atoms with Crippen LogP contribution < -0.4 is 16.0 Å². The minimum absolute atomic E-state index is 0.121. The smallest absolute Gasteiger partial charge is 0.325 e. The fraction of sp³-hybridized carbons (Fsp3) is 0.812. The molecule has 0 aromatic heterocycles. The first-order valence-electron chi connectivity index (χ1n) is 8.59. The molecule has 1 atom stereocenters. The van der Waals surface area contributed by atoms with Crippen LogP contribution in [0.25, 0.3) is 0 Å². The van der Waals surface area contributed by atoms with E-state index in [2.05, 4.69) is 20.9 Å². The Labute approximate surface area is 144 Å². The van der Waals surface area contributed by atoms with E-state index in [9.17, 15) is 14.4 Å². The van der Waals surface area contributed by atoms with E-state index in [1.165, 1.54) is 6.92 Å². The van der Waals surface area contributed by atoms with Crippen LogP contribution in [0.15, 0.2) is 0 Å². The monoisotopic (exact) mass is 344 g/mol. The van der Waals surface area contributed by atoms with Crippen molar-refractivity contribution in [2.75, 3.05) is 33.2 Å². The molecular weight excluding hydrogens is 312 g/mol. The summed E-state index contributed by atoms with van der Waals surface area (Å²) < 4.78 is 0. The molecule has 0 radical (unpaired) electrons. The quantitative estimate of drug-likeness (QED) is 0.369. The molecule has 0 saturated carbocycles. The molecule has 0 saturated heterocycles. The first-order chi connectivity index (χ1) is 11.4. The first kappa shape index (κ1) is 22.2. The van der Waals surface area contributed by atoms with Gasteiger partial charge in [-0.1, -0.05) is 13.3 Å². The van der Waals surface area contributed by atoms with Gasteiger partial charge in [0.2, 0.25) is 5.91 Å². The van der Waals surface area contributed by atoms with Gasteiger partial charge in [0.25, 0.3) is 0 Å². The van der Waals surface area contributed by atoms with Crippen molar-refractivity contribution in [3.05, 3.63) is 0 Å². The number of hydrogen-bond donors (Lipinski definition) is 4. The molecule has 0 spiro atoms.